The van der Waals surface area contributed by atoms with E-state index in [1.807, 2.05) is 6.20 Å². The minimum atomic E-state index is -0.101. The molecule has 1 rings (SSSR count). The van der Waals surface area contributed by atoms with Gasteiger partial charge in [0.15, 0.2) is 0 Å². The second-order valence-corrected chi connectivity index (χ2v) is 4.14. The van der Waals surface area contributed by atoms with Crippen molar-refractivity contribution in [2.75, 3.05) is 0 Å². The van der Waals surface area contributed by atoms with E-state index in [1.165, 1.54) is 11.6 Å². The van der Waals surface area contributed by atoms with Crippen molar-refractivity contribution in [3.63, 3.8) is 0 Å². The summed E-state index contributed by atoms with van der Waals surface area (Å²) in [5, 5.41) is 9.38. The maximum atomic E-state index is 9.38. The van der Waals surface area contributed by atoms with E-state index in [2.05, 4.69) is 18.5 Å². The van der Waals surface area contributed by atoms with Crippen molar-refractivity contribution in [3.8, 4) is 0 Å². The lowest BCUT2D eigenvalue weighted by molar-refractivity contribution is 0.116. The Kier molecular flexibility index (Phi) is 4.56. The molecule has 0 unspecified atom stereocenters. The fourth-order valence-corrected chi connectivity index (χ4v) is 1.87. The standard InChI is InChI=1S/C12H20N2O/c1-3-12(13)14-8-9(2)10-4-6-11(15)7-5-10/h3,8,10-11,15H,1,4-7H2,2H3,(H2,13,14)/b9-8+. The van der Waals surface area contributed by atoms with Crippen LogP contribution in [0.1, 0.15) is 32.6 Å². The number of allylic oxidation sites excluding steroid dienone is 1. The highest BCUT2D eigenvalue weighted by atomic mass is 16.3. The Labute approximate surface area is 91.4 Å². The predicted molar refractivity (Wildman–Crippen MR) is 63.5 cm³/mol. The van der Waals surface area contributed by atoms with Crippen LogP contribution in [0.3, 0.4) is 0 Å². The molecule has 3 nitrogen and oxygen atoms in total. The second-order valence-electron chi connectivity index (χ2n) is 4.14. The summed E-state index contributed by atoms with van der Waals surface area (Å²) in [6.45, 7) is 5.61. The van der Waals surface area contributed by atoms with Crippen LogP contribution in [0.25, 0.3) is 0 Å². The Morgan fingerprint density at radius 1 is 1.40 bits per heavy atom. The van der Waals surface area contributed by atoms with Crippen molar-refractivity contribution in [1.29, 1.82) is 0 Å². The lowest BCUT2D eigenvalue weighted by Gasteiger charge is -2.25. The van der Waals surface area contributed by atoms with E-state index < -0.39 is 0 Å². The molecule has 0 radical (unpaired) electrons. The topological polar surface area (TPSA) is 58.6 Å². The number of amidine groups is 1. The number of aliphatic hydroxyl groups is 1. The molecule has 3 heteroatoms. The summed E-state index contributed by atoms with van der Waals surface area (Å²) in [4.78, 5) is 4.09. The van der Waals surface area contributed by atoms with Gasteiger partial charge in [0.1, 0.15) is 5.84 Å². The molecule has 3 N–H and O–H groups in total. The van der Waals surface area contributed by atoms with Crippen LogP contribution in [0.2, 0.25) is 0 Å². The molecular formula is C12H20N2O. The Bertz CT molecular complexity index is 273. The molecule has 84 valence electrons. The van der Waals surface area contributed by atoms with E-state index in [1.54, 1.807) is 0 Å². The minimum Gasteiger partial charge on any atom is -0.393 e. The second kappa shape index (κ2) is 5.71. The maximum Gasteiger partial charge on any atom is 0.122 e. The summed E-state index contributed by atoms with van der Waals surface area (Å²) in [7, 11) is 0. The number of hydrogen-bond donors (Lipinski definition) is 2. The third-order valence-electron chi connectivity index (χ3n) is 2.97. The van der Waals surface area contributed by atoms with Gasteiger partial charge >= 0.3 is 0 Å². The van der Waals surface area contributed by atoms with Crippen LogP contribution < -0.4 is 5.73 Å². The first-order chi connectivity index (χ1) is 7.13. The first kappa shape index (κ1) is 12.0. The molecule has 1 saturated carbocycles. The highest BCUT2D eigenvalue weighted by molar-refractivity contribution is 5.91. The zero-order chi connectivity index (χ0) is 11.3. The van der Waals surface area contributed by atoms with Crippen LogP contribution in [0.4, 0.5) is 0 Å². The van der Waals surface area contributed by atoms with Crippen LogP contribution in [-0.2, 0) is 0 Å². The van der Waals surface area contributed by atoms with Gasteiger partial charge in [-0.3, -0.25) is 0 Å². The van der Waals surface area contributed by atoms with Crippen molar-refractivity contribution in [1.82, 2.24) is 0 Å². The smallest absolute Gasteiger partial charge is 0.122 e. The molecule has 0 saturated heterocycles. The number of aliphatic imine (C=N–C) groups is 1. The lowest BCUT2D eigenvalue weighted by atomic mass is 9.83. The van der Waals surface area contributed by atoms with Gasteiger partial charge in [-0.25, -0.2) is 4.99 Å². The summed E-state index contributed by atoms with van der Waals surface area (Å²) in [5.41, 5.74) is 6.76. The molecular weight excluding hydrogens is 188 g/mol. The van der Waals surface area contributed by atoms with E-state index >= 15 is 0 Å². The fraction of sp³-hybridized carbons (Fsp3) is 0.583. The third-order valence-corrected chi connectivity index (χ3v) is 2.97. The summed E-state index contributed by atoms with van der Waals surface area (Å²) >= 11 is 0. The van der Waals surface area contributed by atoms with Crippen LogP contribution in [0.15, 0.2) is 29.4 Å². The van der Waals surface area contributed by atoms with E-state index in [0.717, 1.165) is 25.7 Å². The average Bonchev–Trinajstić information content (AvgIpc) is 2.26. The SMILES string of the molecule is C=CC(N)=N/C=C(\C)C1CCC(O)CC1. The molecule has 0 aromatic rings. The normalized spacial score (nSPS) is 28.9. The molecule has 0 spiro atoms. The quantitative estimate of drug-likeness (QED) is 0.550. The van der Waals surface area contributed by atoms with Crippen molar-refractivity contribution in [3.05, 3.63) is 24.4 Å². The molecule has 0 bridgehead atoms. The number of nitrogens with two attached hydrogens (primary N) is 1. The van der Waals surface area contributed by atoms with Crippen molar-refractivity contribution in [2.45, 2.75) is 38.7 Å². The molecule has 0 aromatic carbocycles. The first-order valence-corrected chi connectivity index (χ1v) is 5.44. The minimum absolute atomic E-state index is 0.101. The summed E-state index contributed by atoms with van der Waals surface area (Å²) < 4.78 is 0. The van der Waals surface area contributed by atoms with Gasteiger partial charge < -0.3 is 10.8 Å². The maximum absolute atomic E-state index is 9.38. The Hall–Kier alpha value is -1.09. The largest absolute Gasteiger partial charge is 0.393 e. The van der Waals surface area contributed by atoms with Crippen LogP contribution in [0, 0.1) is 5.92 Å². The molecule has 1 aliphatic carbocycles. The fourth-order valence-electron chi connectivity index (χ4n) is 1.87. The number of nitrogens with zero attached hydrogens (tertiary/aromatic N) is 1. The van der Waals surface area contributed by atoms with Gasteiger partial charge in [-0.15, -0.1) is 0 Å². The van der Waals surface area contributed by atoms with E-state index in [9.17, 15) is 5.11 Å². The van der Waals surface area contributed by atoms with Crippen LogP contribution in [0.5, 0.6) is 0 Å². The number of rotatable bonds is 3. The van der Waals surface area contributed by atoms with Gasteiger partial charge in [0.2, 0.25) is 0 Å². The molecule has 0 aliphatic heterocycles. The Morgan fingerprint density at radius 3 is 2.53 bits per heavy atom. The van der Waals surface area contributed by atoms with Gasteiger partial charge in [-0.1, -0.05) is 12.2 Å². The average molecular weight is 208 g/mol. The van der Waals surface area contributed by atoms with Crippen LogP contribution >= 0.6 is 0 Å². The molecule has 0 aromatic heterocycles. The molecule has 15 heavy (non-hydrogen) atoms. The zero-order valence-electron chi connectivity index (χ0n) is 9.32. The van der Waals surface area contributed by atoms with E-state index in [-0.39, 0.29) is 6.10 Å². The van der Waals surface area contributed by atoms with Gasteiger partial charge in [-0.05, 0) is 44.6 Å². The lowest BCUT2D eigenvalue weighted by Crippen LogP contribution is -2.18. The monoisotopic (exact) mass is 208 g/mol. The Morgan fingerprint density at radius 2 is 2.00 bits per heavy atom. The molecule has 1 aliphatic rings. The third kappa shape index (κ3) is 3.88. The highest BCUT2D eigenvalue weighted by Crippen LogP contribution is 2.29. The Balaban J connectivity index is 2.53. The van der Waals surface area contributed by atoms with Gasteiger partial charge in [0.05, 0.1) is 6.10 Å². The van der Waals surface area contributed by atoms with Crippen molar-refractivity contribution >= 4 is 5.84 Å². The molecule has 0 heterocycles. The number of aliphatic hydroxyl groups excluding tert-OH is 1. The van der Waals surface area contributed by atoms with Gasteiger partial charge in [0.25, 0.3) is 0 Å². The van der Waals surface area contributed by atoms with E-state index in [0.29, 0.717) is 11.8 Å². The first-order valence-electron chi connectivity index (χ1n) is 5.44. The van der Waals surface area contributed by atoms with E-state index in [4.69, 9.17) is 5.73 Å². The molecule has 1 fully saturated rings. The van der Waals surface area contributed by atoms with Crippen molar-refractivity contribution < 1.29 is 5.11 Å². The predicted octanol–water partition coefficient (Wildman–Crippen LogP) is 1.98. The summed E-state index contributed by atoms with van der Waals surface area (Å²) in [5.74, 6) is 1.000. The van der Waals surface area contributed by atoms with Gasteiger partial charge in [-0.2, -0.15) is 0 Å². The summed E-state index contributed by atoms with van der Waals surface area (Å²) in [6, 6.07) is 0. The van der Waals surface area contributed by atoms with Crippen molar-refractivity contribution in [2.24, 2.45) is 16.6 Å². The molecule has 0 atom stereocenters. The van der Waals surface area contributed by atoms with Gasteiger partial charge in [0, 0.05) is 6.20 Å². The molecule has 0 amide bonds. The highest BCUT2D eigenvalue weighted by Gasteiger charge is 2.20. The van der Waals surface area contributed by atoms with Crippen LogP contribution in [-0.4, -0.2) is 17.0 Å². The zero-order valence-corrected chi connectivity index (χ0v) is 9.32. The number of hydrogen-bond acceptors (Lipinski definition) is 2. The summed E-state index contributed by atoms with van der Waals surface area (Å²) in [6.07, 6.45) is 7.15.